The van der Waals surface area contributed by atoms with E-state index in [-0.39, 0.29) is 6.10 Å². The lowest BCUT2D eigenvalue weighted by atomic mass is 9.96. The summed E-state index contributed by atoms with van der Waals surface area (Å²) in [5.41, 5.74) is 0. The van der Waals surface area contributed by atoms with Crippen LogP contribution in [-0.4, -0.2) is 12.7 Å². The maximum absolute atomic E-state index is 8.37. The number of rotatable bonds is 1. The van der Waals surface area contributed by atoms with E-state index < -0.39 is 0 Å². The Morgan fingerprint density at radius 1 is 1.70 bits per heavy atom. The monoisotopic (exact) mass is 139 g/mol. The van der Waals surface area contributed by atoms with E-state index in [9.17, 15) is 0 Å². The Morgan fingerprint density at radius 2 is 2.50 bits per heavy atom. The summed E-state index contributed by atoms with van der Waals surface area (Å²) in [5, 5.41) is 8.37. The van der Waals surface area contributed by atoms with Gasteiger partial charge in [-0.1, -0.05) is 6.92 Å². The first-order chi connectivity index (χ1) is 4.83. The van der Waals surface area contributed by atoms with E-state index in [1.54, 1.807) is 0 Å². The van der Waals surface area contributed by atoms with E-state index in [1.165, 1.54) is 0 Å². The van der Waals surface area contributed by atoms with Crippen molar-refractivity contribution in [2.24, 2.45) is 5.92 Å². The second-order valence-corrected chi connectivity index (χ2v) is 2.98. The van der Waals surface area contributed by atoms with Crippen molar-refractivity contribution in [2.75, 3.05) is 6.61 Å². The number of hydrogen-bond acceptors (Lipinski definition) is 2. The Morgan fingerprint density at radius 3 is 3.10 bits per heavy atom. The highest BCUT2D eigenvalue weighted by Crippen LogP contribution is 2.20. The smallest absolute Gasteiger partial charge is 0.0707 e. The molecule has 0 aliphatic carbocycles. The molecule has 0 aromatic heterocycles. The van der Waals surface area contributed by atoms with Crippen LogP contribution in [0.15, 0.2) is 0 Å². The fourth-order valence-corrected chi connectivity index (χ4v) is 1.31. The van der Waals surface area contributed by atoms with Gasteiger partial charge in [0.2, 0.25) is 0 Å². The zero-order valence-electron chi connectivity index (χ0n) is 6.34. The molecule has 56 valence electrons. The standard InChI is InChI=1S/C8H13NO/c1-7-3-5-10-8(6-7)2-4-9/h7-8H,2-3,5-6H2,1H3. The molecule has 1 saturated heterocycles. The SMILES string of the molecule is CC1CCOC(CC#N)C1. The first-order valence-corrected chi connectivity index (χ1v) is 3.81. The topological polar surface area (TPSA) is 33.0 Å². The van der Waals surface area contributed by atoms with Gasteiger partial charge in [0.1, 0.15) is 0 Å². The highest BCUT2D eigenvalue weighted by atomic mass is 16.5. The van der Waals surface area contributed by atoms with Crippen molar-refractivity contribution >= 4 is 0 Å². The molecule has 0 radical (unpaired) electrons. The molecule has 2 unspecified atom stereocenters. The van der Waals surface area contributed by atoms with Gasteiger partial charge in [-0.15, -0.1) is 0 Å². The zero-order chi connectivity index (χ0) is 7.40. The average Bonchev–Trinajstić information content (AvgIpc) is 1.88. The summed E-state index contributed by atoms with van der Waals surface area (Å²) in [6.07, 6.45) is 2.99. The molecule has 10 heavy (non-hydrogen) atoms. The normalized spacial score (nSPS) is 33.2. The predicted octanol–water partition coefficient (Wildman–Crippen LogP) is 1.72. The van der Waals surface area contributed by atoms with E-state index in [0.29, 0.717) is 6.42 Å². The number of nitriles is 1. The summed E-state index contributed by atoms with van der Waals surface area (Å²) in [6, 6.07) is 2.13. The molecular formula is C8H13NO. The summed E-state index contributed by atoms with van der Waals surface area (Å²) in [6.45, 7) is 3.06. The molecule has 2 atom stereocenters. The van der Waals surface area contributed by atoms with Crippen LogP contribution in [0.4, 0.5) is 0 Å². The van der Waals surface area contributed by atoms with Crippen molar-refractivity contribution in [1.82, 2.24) is 0 Å². The Hall–Kier alpha value is -0.550. The van der Waals surface area contributed by atoms with Gasteiger partial charge in [0, 0.05) is 6.61 Å². The van der Waals surface area contributed by atoms with Crippen LogP contribution in [0.1, 0.15) is 26.2 Å². The molecule has 0 bridgehead atoms. The maximum Gasteiger partial charge on any atom is 0.0707 e. The highest BCUT2D eigenvalue weighted by Gasteiger charge is 2.18. The van der Waals surface area contributed by atoms with Crippen LogP contribution in [0.2, 0.25) is 0 Å². The quantitative estimate of drug-likeness (QED) is 0.554. The van der Waals surface area contributed by atoms with Gasteiger partial charge in [0.05, 0.1) is 18.6 Å². The molecule has 0 aromatic carbocycles. The van der Waals surface area contributed by atoms with Gasteiger partial charge in [-0.25, -0.2) is 0 Å². The molecule has 0 aromatic rings. The van der Waals surface area contributed by atoms with Gasteiger partial charge >= 0.3 is 0 Å². The van der Waals surface area contributed by atoms with Gasteiger partial charge < -0.3 is 4.74 Å². The van der Waals surface area contributed by atoms with Crippen LogP contribution in [0.25, 0.3) is 0 Å². The minimum atomic E-state index is 0.216. The molecule has 1 aliphatic rings. The summed E-state index contributed by atoms with van der Waals surface area (Å²) >= 11 is 0. The van der Waals surface area contributed by atoms with E-state index in [0.717, 1.165) is 25.4 Å². The molecule has 0 N–H and O–H groups in total. The molecule has 1 fully saturated rings. The van der Waals surface area contributed by atoms with Crippen molar-refractivity contribution in [3.05, 3.63) is 0 Å². The zero-order valence-corrected chi connectivity index (χ0v) is 6.34. The number of ether oxygens (including phenoxy) is 1. The fourth-order valence-electron chi connectivity index (χ4n) is 1.31. The molecule has 0 amide bonds. The molecule has 1 heterocycles. The van der Waals surface area contributed by atoms with Crippen molar-refractivity contribution in [1.29, 1.82) is 5.26 Å². The molecule has 2 nitrogen and oxygen atoms in total. The van der Waals surface area contributed by atoms with Crippen molar-refractivity contribution in [2.45, 2.75) is 32.3 Å². The number of hydrogen-bond donors (Lipinski definition) is 0. The summed E-state index contributed by atoms with van der Waals surface area (Å²) in [7, 11) is 0. The predicted molar refractivity (Wildman–Crippen MR) is 38.4 cm³/mol. The van der Waals surface area contributed by atoms with E-state index in [2.05, 4.69) is 13.0 Å². The van der Waals surface area contributed by atoms with Crippen molar-refractivity contribution in [3.8, 4) is 6.07 Å². The average molecular weight is 139 g/mol. The number of nitrogens with zero attached hydrogens (tertiary/aromatic N) is 1. The van der Waals surface area contributed by atoms with Crippen LogP contribution in [0, 0.1) is 17.2 Å². The summed E-state index contributed by atoms with van der Waals surface area (Å²) < 4.78 is 5.37. The highest BCUT2D eigenvalue weighted by molar-refractivity contribution is 4.79. The van der Waals surface area contributed by atoms with Gasteiger partial charge in [-0.2, -0.15) is 5.26 Å². The van der Waals surface area contributed by atoms with Crippen LogP contribution < -0.4 is 0 Å². The summed E-state index contributed by atoms with van der Waals surface area (Å²) in [4.78, 5) is 0. The second kappa shape index (κ2) is 3.58. The van der Waals surface area contributed by atoms with E-state index >= 15 is 0 Å². The maximum atomic E-state index is 8.37. The lowest BCUT2D eigenvalue weighted by molar-refractivity contribution is -0.00161. The van der Waals surface area contributed by atoms with Crippen LogP contribution in [0.3, 0.4) is 0 Å². The van der Waals surface area contributed by atoms with Crippen molar-refractivity contribution < 1.29 is 4.74 Å². The molecule has 0 saturated carbocycles. The minimum Gasteiger partial charge on any atom is -0.377 e. The van der Waals surface area contributed by atoms with Gasteiger partial charge in [0.25, 0.3) is 0 Å². The molecule has 1 aliphatic heterocycles. The van der Waals surface area contributed by atoms with E-state index in [4.69, 9.17) is 10.00 Å². The lowest BCUT2D eigenvalue weighted by Gasteiger charge is -2.25. The Balaban J connectivity index is 2.27. The van der Waals surface area contributed by atoms with Crippen LogP contribution in [-0.2, 0) is 4.74 Å². The molecule has 2 heteroatoms. The van der Waals surface area contributed by atoms with Gasteiger partial charge in [-0.3, -0.25) is 0 Å². The second-order valence-electron chi connectivity index (χ2n) is 2.98. The summed E-state index contributed by atoms with van der Waals surface area (Å²) in [5.74, 6) is 0.743. The molecule has 1 rings (SSSR count). The Labute approximate surface area is 61.8 Å². The minimum absolute atomic E-state index is 0.216. The lowest BCUT2D eigenvalue weighted by Crippen LogP contribution is -2.23. The fraction of sp³-hybridized carbons (Fsp3) is 0.875. The Kier molecular flexibility index (Phi) is 2.70. The largest absolute Gasteiger partial charge is 0.377 e. The van der Waals surface area contributed by atoms with Crippen LogP contribution >= 0.6 is 0 Å². The first-order valence-electron chi connectivity index (χ1n) is 3.81. The Bertz CT molecular complexity index is 139. The van der Waals surface area contributed by atoms with Crippen molar-refractivity contribution in [3.63, 3.8) is 0 Å². The molecule has 0 spiro atoms. The van der Waals surface area contributed by atoms with Gasteiger partial charge in [-0.05, 0) is 18.8 Å². The van der Waals surface area contributed by atoms with Crippen LogP contribution in [0.5, 0.6) is 0 Å². The first kappa shape index (κ1) is 7.56. The third kappa shape index (κ3) is 2.00. The third-order valence-electron chi connectivity index (χ3n) is 1.95. The van der Waals surface area contributed by atoms with E-state index in [1.807, 2.05) is 0 Å². The van der Waals surface area contributed by atoms with Gasteiger partial charge in [0.15, 0.2) is 0 Å². The third-order valence-corrected chi connectivity index (χ3v) is 1.95. The molecular weight excluding hydrogens is 126 g/mol.